The first-order chi connectivity index (χ1) is 2.81. The van der Waals surface area contributed by atoms with Crippen molar-refractivity contribution in [2.45, 2.75) is 0 Å². The number of carbonyl (C=O) groups is 1. The van der Waals surface area contributed by atoms with E-state index < -0.39 is 5.97 Å². The van der Waals surface area contributed by atoms with Crippen molar-refractivity contribution in [2.24, 2.45) is 0 Å². The Labute approximate surface area is 46.9 Å². The van der Waals surface area contributed by atoms with Crippen molar-refractivity contribution >= 4 is 18.4 Å². The van der Waals surface area contributed by atoms with Gasteiger partial charge in [-0.05, 0) is 0 Å². The molecule has 0 aromatic heterocycles. The zero-order valence-electron chi connectivity index (χ0n) is 3.46. The van der Waals surface area contributed by atoms with Crippen molar-refractivity contribution < 1.29 is 14.9 Å². The van der Waals surface area contributed by atoms with E-state index in [0.717, 1.165) is 6.08 Å². The smallest absolute Gasteiger partial charge is 0.296 e. The molecule has 0 aliphatic rings. The Hall–Kier alpha value is -0.540. The number of halogens is 1. The molecule has 0 saturated carbocycles. The molecule has 0 fully saturated rings. The fourth-order valence-corrected chi connectivity index (χ4v) is 0.0373. The number of hydrogen-bond acceptors (Lipinski definition) is 3. The molecule has 0 unspecified atom stereocenters. The third-order valence-electron chi connectivity index (χ3n) is 0.257. The van der Waals surface area contributed by atoms with Gasteiger partial charge in [0.15, 0.2) is 0 Å². The van der Waals surface area contributed by atoms with Crippen LogP contribution in [0.1, 0.15) is 0 Å². The highest BCUT2D eigenvalue weighted by molar-refractivity contribution is 5.85. The van der Waals surface area contributed by atoms with E-state index in [1.807, 2.05) is 0 Å². The Morgan fingerprint density at radius 1 is 1.86 bits per heavy atom. The molecule has 0 aliphatic heterocycles. The minimum Gasteiger partial charge on any atom is -0.296 e. The van der Waals surface area contributed by atoms with Crippen molar-refractivity contribution in [3.05, 3.63) is 12.7 Å². The zero-order valence-corrected chi connectivity index (χ0v) is 4.27. The summed E-state index contributed by atoms with van der Waals surface area (Å²) in [6.45, 7) is 3.00. The van der Waals surface area contributed by atoms with Gasteiger partial charge in [-0.25, -0.2) is 4.79 Å². The van der Waals surface area contributed by atoms with Crippen LogP contribution in [0.25, 0.3) is 0 Å². The summed E-state index contributed by atoms with van der Waals surface area (Å²) in [6, 6.07) is 0. The van der Waals surface area contributed by atoms with E-state index in [1.165, 1.54) is 0 Å². The van der Waals surface area contributed by atoms with Crippen LogP contribution >= 0.6 is 12.4 Å². The van der Waals surface area contributed by atoms with Gasteiger partial charge in [0.1, 0.15) is 0 Å². The average Bonchev–Trinajstić information content (AvgIpc) is 1.65. The van der Waals surface area contributed by atoms with Crippen molar-refractivity contribution in [3.8, 4) is 0 Å². The Kier molecular flexibility index (Phi) is 7.55. The molecule has 0 bridgehead atoms. The Morgan fingerprint density at radius 2 is 2.29 bits per heavy atom. The molecule has 0 heterocycles. The van der Waals surface area contributed by atoms with E-state index in [-0.39, 0.29) is 12.4 Å². The summed E-state index contributed by atoms with van der Waals surface area (Å²) in [7, 11) is 0. The van der Waals surface area contributed by atoms with E-state index in [2.05, 4.69) is 11.5 Å². The molecule has 0 amide bonds. The highest BCUT2D eigenvalue weighted by atomic mass is 35.5. The van der Waals surface area contributed by atoms with Gasteiger partial charge in [0.25, 0.3) is 0 Å². The second kappa shape index (κ2) is 5.46. The first kappa shape index (κ1) is 9.68. The normalized spacial score (nSPS) is 5.86. The number of rotatable bonds is 1. The molecule has 0 aliphatic carbocycles. The van der Waals surface area contributed by atoms with Crippen LogP contribution in [0.15, 0.2) is 12.7 Å². The lowest BCUT2D eigenvalue weighted by Crippen LogP contribution is -1.92. The lowest BCUT2D eigenvalue weighted by Gasteiger charge is -1.78. The summed E-state index contributed by atoms with van der Waals surface area (Å²) in [5.74, 6) is -0.838. The Morgan fingerprint density at radius 3 is 2.29 bits per heavy atom. The predicted octanol–water partition coefficient (Wildman–Crippen LogP) is 0.610. The highest BCUT2D eigenvalue weighted by Gasteiger charge is 1.85. The summed E-state index contributed by atoms with van der Waals surface area (Å²) in [6.07, 6.45) is 0.861. The highest BCUT2D eigenvalue weighted by Crippen LogP contribution is 1.67. The summed E-state index contributed by atoms with van der Waals surface area (Å²) in [4.78, 5) is 12.7. The lowest BCUT2D eigenvalue weighted by atomic mass is 10.7. The van der Waals surface area contributed by atoms with Crippen LogP contribution in [0, 0.1) is 0 Å². The molecular formula is C3H5ClO3. The maximum atomic E-state index is 9.59. The van der Waals surface area contributed by atoms with Crippen molar-refractivity contribution in [3.63, 3.8) is 0 Å². The molecule has 1 N–H and O–H groups in total. The first-order valence-electron chi connectivity index (χ1n) is 1.29. The van der Waals surface area contributed by atoms with E-state index in [0.29, 0.717) is 0 Å². The first-order valence-corrected chi connectivity index (χ1v) is 1.29. The van der Waals surface area contributed by atoms with Crippen molar-refractivity contribution in [1.29, 1.82) is 0 Å². The van der Waals surface area contributed by atoms with Crippen molar-refractivity contribution in [1.82, 2.24) is 0 Å². The van der Waals surface area contributed by atoms with Crippen LogP contribution in [0.2, 0.25) is 0 Å². The fourth-order valence-electron chi connectivity index (χ4n) is 0.0373. The standard InChI is InChI=1S/C3H4O3.ClH/c1-2-3(4)6-5;/h2,5H,1H2;1H. The quantitative estimate of drug-likeness (QED) is 0.317. The zero-order chi connectivity index (χ0) is 4.99. The van der Waals surface area contributed by atoms with E-state index in [9.17, 15) is 4.79 Å². The van der Waals surface area contributed by atoms with Gasteiger partial charge in [-0.3, -0.25) is 4.89 Å². The van der Waals surface area contributed by atoms with Gasteiger partial charge in [-0.1, -0.05) is 6.58 Å². The third-order valence-corrected chi connectivity index (χ3v) is 0.257. The lowest BCUT2D eigenvalue weighted by molar-refractivity contribution is -0.228. The van der Waals surface area contributed by atoms with Crippen molar-refractivity contribution in [2.75, 3.05) is 0 Å². The van der Waals surface area contributed by atoms with Crippen LogP contribution in [0.5, 0.6) is 0 Å². The topological polar surface area (TPSA) is 46.5 Å². The molecule has 0 atom stereocenters. The molecule has 4 heteroatoms. The molecule has 0 aromatic rings. The molecular weight excluding hydrogens is 119 g/mol. The molecule has 0 rings (SSSR count). The number of hydrogen-bond donors (Lipinski definition) is 1. The van der Waals surface area contributed by atoms with Crippen LogP contribution < -0.4 is 0 Å². The molecule has 0 saturated heterocycles. The minimum atomic E-state index is -0.838. The number of carbonyl (C=O) groups excluding carboxylic acids is 1. The maximum absolute atomic E-state index is 9.59. The van der Waals surface area contributed by atoms with E-state index in [4.69, 9.17) is 5.26 Å². The maximum Gasteiger partial charge on any atom is 0.365 e. The predicted molar refractivity (Wildman–Crippen MR) is 26.2 cm³/mol. The molecule has 7 heavy (non-hydrogen) atoms. The van der Waals surface area contributed by atoms with E-state index in [1.54, 1.807) is 0 Å². The largest absolute Gasteiger partial charge is 0.365 e. The molecule has 0 aromatic carbocycles. The summed E-state index contributed by atoms with van der Waals surface area (Å²) in [5, 5.41) is 7.41. The molecule has 0 radical (unpaired) electrons. The average molecular weight is 125 g/mol. The summed E-state index contributed by atoms with van der Waals surface area (Å²) >= 11 is 0. The van der Waals surface area contributed by atoms with Crippen LogP contribution in [-0.2, 0) is 9.68 Å². The Bertz CT molecular complexity index is 70.6. The van der Waals surface area contributed by atoms with Gasteiger partial charge in [0.2, 0.25) is 0 Å². The SMILES string of the molecule is C=CC(=O)OO.Cl. The van der Waals surface area contributed by atoms with Crippen LogP contribution in [-0.4, -0.2) is 11.2 Å². The van der Waals surface area contributed by atoms with Gasteiger partial charge in [-0.15, -0.1) is 12.4 Å². The molecule has 0 spiro atoms. The van der Waals surface area contributed by atoms with Gasteiger partial charge in [0, 0.05) is 6.08 Å². The molecule has 3 nitrogen and oxygen atoms in total. The monoisotopic (exact) mass is 124 g/mol. The minimum absolute atomic E-state index is 0. The van der Waals surface area contributed by atoms with E-state index >= 15 is 0 Å². The fraction of sp³-hybridized carbons (Fsp3) is 0. The Balaban J connectivity index is 0. The second-order valence-electron chi connectivity index (χ2n) is 0.614. The molecule has 42 valence electrons. The third kappa shape index (κ3) is 5.46. The van der Waals surface area contributed by atoms with Gasteiger partial charge < -0.3 is 0 Å². The summed E-state index contributed by atoms with van der Waals surface area (Å²) in [5.41, 5.74) is 0. The van der Waals surface area contributed by atoms with Gasteiger partial charge in [-0.2, -0.15) is 5.26 Å². The van der Waals surface area contributed by atoms with Gasteiger partial charge >= 0.3 is 5.97 Å². The second-order valence-corrected chi connectivity index (χ2v) is 0.614. The van der Waals surface area contributed by atoms with Crippen LogP contribution in [0.4, 0.5) is 0 Å². The van der Waals surface area contributed by atoms with Crippen LogP contribution in [0.3, 0.4) is 0 Å². The summed E-state index contributed by atoms with van der Waals surface area (Å²) < 4.78 is 0. The van der Waals surface area contributed by atoms with Gasteiger partial charge in [0.05, 0.1) is 0 Å².